The molecule has 0 bridgehead atoms. The molecule has 5 nitrogen and oxygen atoms in total. The third-order valence-corrected chi connectivity index (χ3v) is 4.04. The summed E-state index contributed by atoms with van der Waals surface area (Å²) in [7, 11) is 0. The molecule has 3 N–H and O–H groups in total. The Kier molecular flexibility index (Phi) is 4.81. The lowest BCUT2D eigenvalue weighted by molar-refractivity contribution is 0.108. The first-order valence-corrected chi connectivity index (χ1v) is 7.27. The van der Waals surface area contributed by atoms with E-state index in [2.05, 4.69) is 17.6 Å². The fourth-order valence-electron chi connectivity index (χ4n) is 2.99. The number of nitrogens with zero attached hydrogens (tertiary/aromatic N) is 1. The van der Waals surface area contributed by atoms with Crippen molar-refractivity contribution in [2.24, 2.45) is 5.92 Å². The zero-order valence-electron chi connectivity index (χ0n) is 12.2. The Hall–Kier alpha value is -2.06. The van der Waals surface area contributed by atoms with Gasteiger partial charge in [0.25, 0.3) is 0 Å². The summed E-state index contributed by atoms with van der Waals surface area (Å²) in [6.07, 6.45) is 3.75. The van der Waals surface area contributed by atoms with Gasteiger partial charge in [0.15, 0.2) is 0 Å². The number of aliphatic hydroxyl groups excluding tert-OH is 1. The molecule has 2 rings (SSSR count). The van der Waals surface area contributed by atoms with Gasteiger partial charge in [0, 0.05) is 5.69 Å². The molecule has 2 amide bonds. The topological polar surface area (TPSA) is 85.2 Å². The van der Waals surface area contributed by atoms with Crippen molar-refractivity contribution < 1.29 is 9.90 Å². The summed E-state index contributed by atoms with van der Waals surface area (Å²) >= 11 is 0. The molecule has 1 aromatic rings. The number of nitrogens with one attached hydrogen (secondary N) is 2. The summed E-state index contributed by atoms with van der Waals surface area (Å²) in [6.45, 7) is 2.10. The highest BCUT2D eigenvalue weighted by atomic mass is 16.3. The second-order valence-electron chi connectivity index (χ2n) is 5.91. The fourth-order valence-corrected chi connectivity index (χ4v) is 2.99. The highest BCUT2D eigenvalue weighted by Gasteiger charge is 2.35. The number of anilines is 1. The average molecular weight is 287 g/mol. The van der Waals surface area contributed by atoms with Gasteiger partial charge in [0.2, 0.25) is 0 Å². The maximum atomic E-state index is 12.1. The van der Waals surface area contributed by atoms with E-state index in [0.29, 0.717) is 17.2 Å². The number of amides is 2. The third kappa shape index (κ3) is 3.96. The number of carbonyl (C=O) groups excluding carboxylic acids is 1. The van der Waals surface area contributed by atoms with Crippen LogP contribution in [-0.4, -0.2) is 23.3 Å². The second-order valence-corrected chi connectivity index (χ2v) is 5.91. The van der Waals surface area contributed by atoms with Crippen molar-refractivity contribution in [2.75, 3.05) is 11.9 Å². The van der Waals surface area contributed by atoms with Gasteiger partial charge in [-0.1, -0.05) is 19.8 Å². The number of hydrogen-bond acceptors (Lipinski definition) is 3. The van der Waals surface area contributed by atoms with Gasteiger partial charge in [0.1, 0.15) is 0 Å². The fraction of sp³-hybridized carbons (Fsp3) is 0.500. The van der Waals surface area contributed by atoms with Crippen LogP contribution in [0.3, 0.4) is 0 Å². The first-order chi connectivity index (χ1) is 10.1. The predicted molar refractivity (Wildman–Crippen MR) is 80.8 cm³/mol. The monoisotopic (exact) mass is 287 g/mol. The van der Waals surface area contributed by atoms with Crippen LogP contribution < -0.4 is 10.6 Å². The van der Waals surface area contributed by atoms with E-state index < -0.39 is 5.54 Å². The minimum absolute atomic E-state index is 0.0435. The van der Waals surface area contributed by atoms with Crippen LogP contribution in [0.2, 0.25) is 0 Å². The zero-order valence-corrected chi connectivity index (χ0v) is 12.2. The van der Waals surface area contributed by atoms with E-state index in [-0.39, 0.29) is 12.6 Å². The maximum absolute atomic E-state index is 12.1. The van der Waals surface area contributed by atoms with Crippen LogP contribution in [-0.2, 0) is 0 Å². The van der Waals surface area contributed by atoms with Crippen molar-refractivity contribution in [1.82, 2.24) is 5.32 Å². The van der Waals surface area contributed by atoms with Crippen LogP contribution in [0.15, 0.2) is 24.3 Å². The van der Waals surface area contributed by atoms with Gasteiger partial charge in [-0.2, -0.15) is 5.26 Å². The van der Waals surface area contributed by atoms with Crippen LogP contribution in [0, 0.1) is 17.2 Å². The molecule has 0 aromatic heterocycles. The number of aliphatic hydroxyl groups is 1. The quantitative estimate of drug-likeness (QED) is 0.799. The van der Waals surface area contributed by atoms with Crippen molar-refractivity contribution in [3.63, 3.8) is 0 Å². The molecule has 2 unspecified atom stereocenters. The van der Waals surface area contributed by atoms with Crippen LogP contribution in [0.4, 0.5) is 10.5 Å². The lowest BCUT2D eigenvalue weighted by atomic mass is 9.77. The Bertz CT molecular complexity index is 535. The summed E-state index contributed by atoms with van der Waals surface area (Å²) in [6, 6.07) is 8.40. The molecular formula is C16H21N3O2. The highest BCUT2D eigenvalue weighted by Crippen LogP contribution is 2.32. The number of hydrogen-bond donors (Lipinski definition) is 3. The Morgan fingerprint density at radius 1 is 1.48 bits per heavy atom. The normalized spacial score (nSPS) is 24.9. The second kappa shape index (κ2) is 6.59. The number of rotatable bonds is 3. The molecule has 0 saturated heterocycles. The number of nitriles is 1. The molecule has 0 aliphatic heterocycles. The van der Waals surface area contributed by atoms with Crippen LogP contribution in [0.5, 0.6) is 0 Å². The average Bonchev–Trinajstić information content (AvgIpc) is 2.48. The molecule has 5 heteroatoms. The Morgan fingerprint density at radius 3 is 2.76 bits per heavy atom. The standard InChI is InChI=1S/C16H21N3O2/c1-12-3-2-8-16(9-12,11-20)19-15(21)18-14-6-4-13(10-17)5-7-14/h4-7,12,20H,2-3,8-9,11H2,1H3,(H2,18,19,21). The van der Waals surface area contributed by atoms with E-state index in [9.17, 15) is 9.90 Å². The van der Waals surface area contributed by atoms with Crippen molar-refractivity contribution in [2.45, 2.75) is 38.1 Å². The summed E-state index contributed by atoms with van der Waals surface area (Å²) in [5, 5.41) is 24.1. The van der Waals surface area contributed by atoms with Gasteiger partial charge in [-0.3, -0.25) is 0 Å². The molecule has 1 aliphatic rings. The predicted octanol–water partition coefficient (Wildman–Crippen LogP) is 2.62. The summed E-state index contributed by atoms with van der Waals surface area (Å²) in [4.78, 5) is 12.1. The molecule has 1 aliphatic carbocycles. The van der Waals surface area contributed by atoms with E-state index in [1.807, 2.05) is 6.07 Å². The smallest absolute Gasteiger partial charge is 0.319 e. The van der Waals surface area contributed by atoms with Gasteiger partial charge in [-0.25, -0.2) is 4.79 Å². The van der Waals surface area contributed by atoms with Crippen LogP contribution >= 0.6 is 0 Å². The Morgan fingerprint density at radius 2 is 2.19 bits per heavy atom. The van der Waals surface area contributed by atoms with Gasteiger partial charge in [-0.15, -0.1) is 0 Å². The van der Waals surface area contributed by atoms with Crippen molar-refractivity contribution in [3.8, 4) is 6.07 Å². The first kappa shape index (κ1) is 15.3. The van der Waals surface area contributed by atoms with Gasteiger partial charge in [-0.05, 0) is 43.0 Å². The molecule has 0 spiro atoms. The van der Waals surface area contributed by atoms with Gasteiger partial charge >= 0.3 is 6.03 Å². The summed E-state index contributed by atoms with van der Waals surface area (Å²) < 4.78 is 0. The molecule has 0 heterocycles. The molecule has 1 saturated carbocycles. The van der Waals surface area contributed by atoms with E-state index >= 15 is 0 Å². The van der Waals surface area contributed by atoms with Crippen LogP contribution in [0.1, 0.15) is 38.2 Å². The summed E-state index contributed by atoms with van der Waals surface area (Å²) in [5.41, 5.74) is 0.659. The Labute approximate surface area is 125 Å². The zero-order chi connectivity index (χ0) is 15.3. The number of benzene rings is 1. The van der Waals surface area contributed by atoms with E-state index in [4.69, 9.17) is 5.26 Å². The minimum atomic E-state index is -0.519. The van der Waals surface area contributed by atoms with Gasteiger partial charge in [0.05, 0.1) is 23.8 Å². The third-order valence-electron chi connectivity index (χ3n) is 4.04. The molecule has 2 atom stereocenters. The number of carbonyl (C=O) groups is 1. The molecule has 112 valence electrons. The first-order valence-electron chi connectivity index (χ1n) is 7.27. The lowest BCUT2D eigenvalue weighted by Gasteiger charge is -2.39. The van der Waals surface area contributed by atoms with Crippen molar-refractivity contribution in [1.29, 1.82) is 5.26 Å². The largest absolute Gasteiger partial charge is 0.394 e. The SMILES string of the molecule is CC1CCCC(CO)(NC(=O)Nc2ccc(C#N)cc2)C1. The van der Waals surface area contributed by atoms with Crippen molar-refractivity contribution >= 4 is 11.7 Å². The number of urea groups is 1. The lowest BCUT2D eigenvalue weighted by Crippen LogP contribution is -2.55. The molecule has 21 heavy (non-hydrogen) atoms. The molecular weight excluding hydrogens is 266 g/mol. The highest BCUT2D eigenvalue weighted by molar-refractivity contribution is 5.89. The van der Waals surface area contributed by atoms with E-state index in [1.54, 1.807) is 24.3 Å². The van der Waals surface area contributed by atoms with E-state index in [1.165, 1.54) is 0 Å². The minimum Gasteiger partial charge on any atom is -0.394 e. The molecule has 1 aromatic carbocycles. The van der Waals surface area contributed by atoms with E-state index in [0.717, 1.165) is 25.7 Å². The molecule has 0 radical (unpaired) electrons. The van der Waals surface area contributed by atoms with Crippen LogP contribution in [0.25, 0.3) is 0 Å². The van der Waals surface area contributed by atoms with Gasteiger partial charge < -0.3 is 15.7 Å². The summed E-state index contributed by atoms with van der Waals surface area (Å²) in [5.74, 6) is 0.501. The molecule has 1 fully saturated rings. The maximum Gasteiger partial charge on any atom is 0.319 e. The Balaban J connectivity index is 1.97. The van der Waals surface area contributed by atoms with Crippen molar-refractivity contribution in [3.05, 3.63) is 29.8 Å².